The van der Waals surface area contributed by atoms with E-state index in [4.69, 9.17) is 9.90 Å². The Morgan fingerprint density at radius 2 is 1.88 bits per heavy atom. The van der Waals surface area contributed by atoms with Crippen LogP contribution in [0, 0.1) is 0 Å². The normalized spacial score (nSPS) is 23.6. The van der Waals surface area contributed by atoms with Crippen molar-refractivity contribution in [2.75, 3.05) is 24.5 Å². The zero-order valence-corrected chi connectivity index (χ0v) is 16.9. The lowest BCUT2D eigenvalue weighted by Crippen LogP contribution is -2.76. The molecule has 5 rings (SSSR count). The number of hydrogen-bond donors (Lipinski definition) is 3. The molecule has 0 saturated carbocycles. The van der Waals surface area contributed by atoms with Gasteiger partial charge in [0.25, 0.3) is 5.91 Å². The summed E-state index contributed by atoms with van der Waals surface area (Å²) in [6, 6.07) is 5.30. The fraction of sp³-hybridized carbons (Fsp3) is 0.500. The number of piperidine rings is 1. The summed E-state index contributed by atoms with van der Waals surface area (Å²) >= 11 is 0. The highest BCUT2D eigenvalue weighted by molar-refractivity contribution is 6.06. The molecule has 1 atom stereocenters. The third kappa shape index (κ3) is 3.68. The molecular formula is C20H21F3N4O5. The number of nitrogens with one attached hydrogen (secondary N) is 2. The summed E-state index contributed by atoms with van der Waals surface area (Å²) in [6.45, 7) is 3.42. The smallest absolute Gasteiger partial charge is 0.475 e. The van der Waals surface area contributed by atoms with E-state index in [1.165, 1.54) is 6.42 Å². The average Bonchev–Trinajstić information content (AvgIpc) is 2.97. The number of amides is 3. The summed E-state index contributed by atoms with van der Waals surface area (Å²) in [5.74, 6) is -3.48. The maximum Gasteiger partial charge on any atom is 0.490 e. The summed E-state index contributed by atoms with van der Waals surface area (Å²) in [4.78, 5) is 49.4. The van der Waals surface area contributed by atoms with E-state index < -0.39 is 18.2 Å². The van der Waals surface area contributed by atoms with Gasteiger partial charge in [0.1, 0.15) is 6.04 Å². The SMILES string of the molecule is O=C(O)C(F)(F)F.O=C1CC[C@@H](N2Cc3c(cccc3N3CCC34CNC4)C2=O)C(=O)N1. The lowest BCUT2D eigenvalue weighted by molar-refractivity contribution is -0.192. The molecule has 4 aliphatic heterocycles. The minimum absolute atomic E-state index is 0.104. The standard InChI is InChI=1S/C18H20N4O3.C2HF3O2/c23-15-5-4-14(16(24)20-15)21-8-12-11(17(21)25)2-1-3-13(12)22-7-6-18(22)9-19-10-18;3-2(4,5)1(6)7/h1-3,14,19H,4-10H2,(H,20,23,24);(H,6,7)/t14-;/m1./s1. The Kier molecular flexibility index (Phi) is 5.35. The Morgan fingerprint density at radius 1 is 1.19 bits per heavy atom. The second kappa shape index (κ2) is 7.76. The molecular weight excluding hydrogens is 433 g/mol. The molecule has 32 heavy (non-hydrogen) atoms. The molecule has 4 heterocycles. The van der Waals surface area contributed by atoms with Gasteiger partial charge in [-0.1, -0.05) is 6.07 Å². The predicted octanol–water partition coefficient (Wildman–Crippen LogP) is 0.633. The Morgan fingerprint density at radius 3 is 2.38 bits per heavy atom. The van der Waals surface area contributed by atoms with Crippen LogP contribution in [0.25, 0.3) is 0 Å². The molecule has 3 amide bonds. The fourth-order valence-electron chi connectivity index (χ4n) is 4.52. The number of imide groups is 1. The van der Waals surface area contributed by atoms with Crippen molar-refractivity contribution in [2.24, 2.45) is 0 Å². The van der Waals surface area contributed by atoms with Crippen LogP contribution in [0.15, 0.2) is 18.2 Å². The van der Waals surface area contributed by atoms with Crippen LogP contribution >= 0.6 is 0 Å². The molecule has 1 aromatic rings. The average molecular weight is 454 g/mol. The van der Waals surface area contributed by atoms with Gasteiger partial charge in [-0.15, -0.1) is 0 Å². The molecule has 4 aliphatic rings. The van der Waals surface area contributed by atoms with E-state index in [0.717, 1.165) is 30.9 Å². The van der Waals surface area contributed by atoms with Crippen molar-refractivity contribution in [1.82, 2.24) is 15.5 Å². The van der Waals surface area contributed by atoms with Crippen molar-refractivity contribution in [2.45, 2.75) is 43.6 Å². The van der Waals surface area contributed by atoms with Crippen LogP contribution in [-0.2, 0) is 20.9 Å². The number of benzene rings is 1. The number of fused-ring (bicyclic) bond motifs is 1. The third-order valence-electron chi connectivity index (χ3n) is 6.37. The van der Waals surface area contributed by atoms with Gasteiger partial charge in [-0.05, 0) is 25.0 Å². The summed E-state index contributed by atoms with van der Waals surface area (Å²) < 4.78 is 31.7. The Balaban J connectivity index is 0.000000307. The Hall–Kier alpha value is -3.15. The van der Waals surface area contributed by atoms with Gasteiger partial charge >= 0.3 is 12.1 Å². The lowest BCUT2D eigenvalue weighted by Gasteiger charge is -2.60. The number of carbonyl (C=O) groups is 4. The molecule has 12 heteroatoms. The van der Waals surface area contributed by atoms with E-state index >= 15 is 0 Å². The highest BCUT2D eigenvalue weighted by Gasteiger charge is 2.51. The first-order chi connectivity index (χ1) is 15.0. The number of halogens is 3. The molecule has 172 valence electrons. The maximum atomic E-state index is 12.9. The number of carboxylic acids is 1. The lowest BCUT2D eigenvalue weighted by atomic mass is 9.78. The Bertz CT molecular complexity index is 986. The van der Waals surface area contributed by atoms with Crippen LogP contribution in [-0.4, -0.2) is 71.1 Å². The van der Waals surface area contributed by atoms with Gasteiger partial charge < -0.3 is 20.2 Å². The van der Waals surface area contributed by atoms with Gasteiger partial charge in [0.2, 0.25) is 11.8 Å². The third-order valence-corrected chi connectivity index (χ3v) is 6.37. The first kappa shape index (κ1) is 22.1. The van der Waals surface area contributed by atoms with E-state index in [-0.39, 0.29) is 29.7 Å². The quantitative estimate of drug-likeness (QED) is 0.561. The van der Waals surface area contributed by atoms with E-state index in [9.17, 15) is 27.6 Å². The Labute approximate surface area is 180 Å². The van der Waals surface area contributed by atoms with Crippen molar-refractivity contribution >= 4 is 29.4 Å². The molecule has 3 N–H and O–H groups in total. The number of rotatable bonds is 2. The van der Waals surface area contributed by atoms with Gasteiger partial charge in [0.05, 0.1) is 5.54 Å². The number of carbonyl (C=O) groups excluding carboxylic acids is 3. The largest absolute Gasteiger partial charge is 0.490 e. The molecule has 0 radical (unpaired) electrons. The van der Waals surface area contributed by atoms with E-state index in [0.29, 0.717) is 18.5 Å². The number of anilines is 1. The molecule has 3 saturated heterocycles. The topological polar surface area (TPSA) is 119 Å². The highest BCUT2D eigenvalue weighted by Crippen LogP contribution is 2.43. The van der Waals surface area contributed by atoms with E-state index in [1.54, 1.807) is 4.90 Å². The summed E-state index contributed by atoms with van der Waals surface area (Å²) in [7, 11) is 0. The first-order valence-corrected chi connectivity index (χ1v) is 10.1. The minimum Gasteiger partial charge on any atom is -0.475 e. The van der Waals surface area contributed by atoms with Crippen molar-refractivity contribution in [1.29, 1.82) is 0 Å². The van der Waals surface area contributed by atoms with Crippen LogP contribution in [0.4, 0.5) is 18.9 Å². The summed E-state index contributed by atoms with van der Waals surface area (Å²) in [6.07, 6.45) is -3.23. The summed E-state index contributed by atoms with van der Waals surface area (Å²) in [5, 5.41) is 12.8. The fourth-order valence-corrected chi connectivity index (χ4v) is 4.52. The van der Waals surface area contributed by atoms with Crippen LogP contribution in [0.5, 0.6) is 0 Å². The highest BCUT2D eigenvalue weighted by atomic mass is 19.4. The summed E-state index contributed by atoms with van der Waals surface area (Å²) in [5.41, 5.74) is 3.04. The number of hydrogen-bond acceptors (Lipinski definition) is 6. The number of carboxylic acid groups (broad SMARTS) is 1. The second-order valence-electron chi connectivity index (χ2n) is 8.24. The maximum absolute atomic E-state index is 12.9. The second-order valence-corrected chi connectivity index (χ2v) is 8.24. The molecule has 1 aromatic carbocycles. The van der Waals surface area contributed by atoms with Gasteiger partial charge in [0, 0.05) is 49.4 Å². The molecule has 0 aromatic heterocycles. The molecule has 3 fully saturated rings. The number of alkyl halides is 3. The van der Waals surface area contributed by atoms with Gasteiger partial charge in [-0.25, -0.2) is 4.79 Å². The zero-order valence-electron chi connectivity index (χ0n) is 16.9. The van der Waals surface area contributed by atoms with Crippen LogP contribution in [0.1, 0.15) is 35.2 Å². The van der Waals surface area contributed by atoms with Crippen molar-refractivity contribution in [3.8, 4) is 0 Å². The van der Waals surface area contributed by atoms with E-state index in [2.05, 4.69) is 21.6 Å². The predicted molar refractivity (Wildman–Crippen MR) is 104 cm³/mol. The number of nitrogens with zero attached hydrogens (tertiary/aromatic N) is 2. The van der Waals surface area contributed by atoms with E-state index in [1.807, 2.05) is 12.1 Å². The molecule has 1 spiro atoms. The monoisotopic (exact) mass is 454 g/mol. The van der Waals surface area contributed by atoms with Crippen LogP contribution in [0.3, 0.4) is 0 Å². The molecule has 0 bridgehead atoms. The zero-order chi connectivity index (χ0) is 23.3. The van der Waals surface area contributed by atoms with Crippen LogP contribution < -0.4 is 15.5 Å². The van der Waals surface area contributed by atoms with Gasteiger partial charge in [-0.3, -0.25) is 19.7 Å². The van der Waals surface area contributed by atoms with Gasteiger partial charge in [-0.2, -0.15) is 13.2 Å². The van der Waals surface area contributed by atoms with Crippen molar-refractivity contribution in [3.05, 3.63) is 29.3 Å². The minimum atomic E-state index is -5.08. The van der Waals surface area contributed by atoms with Crippen LogP contribution in [0.2, 0.25) is 0 Å². The molecule has 0 aliphatic carbocycles. The molecule has 0 unspecified atom stereocenters. The van der Waals surface area contributed by atoms with Crippen molar-refractivity contribution < 1.29 is 37.5 Å². The van der Waals surface area contributed by atoms with Gasteiger partial charge in [0.15, 0.2) is 0 Å². The first-order valence-electron chi connectivity index (χ1n) is 10.1. The number of aliphatic carboxylic acids is 1. The molecule has 9 nitrogen and oxygen atoms in total. The van der Waals surface area contributed by atoms with Crippen molar-refractivity contribution in [3.63, 3.8) is 0 Å².